The van der Waals surface area contributed by atoms with E-state index in [0.717, 1.165) is 18.4 Å². The van der Waals surface area contributed by atoms with Gasteiger partial charge in [-0.15, -0.1) is 0 Å². The highest BCUT2D eigenvalue weighted by atomic mass is 16.4. The van der Waals surface area contributed by atoms with Crippen molar-refractivity contribution in [2.24, 2.45) is 0 Å². The van der Waals surface area contributed by atoms with E-state index in [0.29, 0.717) is 34.6 Å². The Hall–Kier alpha value is -2.69. The van der Waals surface area contributed by atoms with Crippen LogP contribution in [0.3, 0.4) is 0 Å². The van der Waals surface area contributed by atoms with Gasteiger partial charge >= 0.3 is 5.63 Å². The number of aryl methyl sites for hydroxylation is 2. The van der Waals surface area contributed by atoms with E-state index in [1.165, 1.54) is 4.57 Å². The minimum absolute atomic E-state index is 0.189. The fourth-order valence-electron chi connectivity index (χ4n) is 2.83. The molecule has 2 aromatic heterocycles. The zero-order chi connectivity index (χ0) is 17.3. The van der Waals surface area contributed by atoms with E-state index in [1.807, 2.05) is 32.0 Å². The zero-order valence-corrected chi connectivity index (χ0v) is 14.1. The summed E-state index contributed by atoms with van der Waals surface area (Å²) in [7, 11) is 0. The number of rotatable bonds is 4. The highest BCUT2D eigenvalue weighted by Gasteiger charge is 2.22. The van der Waals surface area contributed by atoms with Gasteiger partial charge in [-0.3, -0.25) is 9.36 Å². The molecule has 0 N–H and O–H groups in total. The predicted molar refractivity (Wildman–Crippen MR) is 92.5 cm³/mol. The van der Waals surface area contributed by atoms with Crippen LogP contribution >= 0.6 is 0 Å². The van der Waals surface area contributed by atoms with Crippen LogP contribution in [0.1, 0.15) is 47.3 Å². The molecule has 0 amide bonds. The molecule has 0 aliphatic rings. The fourth-order valence-corrected chi connectivity index (χ4v) is 2.83. The highest BCUT2D eigenvalue weighted by Crippen LogP contribution is 2.23. The normalized spacial score (nSPS) is 11.1. The number of hydrogen-bond donors (Lipinski definition) is 0. The van der Waals surface area contributed by atoms with Gasteiger partial charge in [0.2, 0.25) is 5.89 Å². The summed E-state index contributed by atoms with van der Waals surface area (Å²) in [4.78, 5) is 29.8. The van der Waals surface area contributed by atoms with Gasteiger partial charge in [0.05, 0.1) is 0 Å². The van der Waals surface area contributed by atoms with Crippen molar-refractivity contribution in [2.75, 3.05) is 0 Å². The Labute approximate surface area is 139 Å². The lowest BCUT2D eigenvalue weighted by Crippen LogP contribution is -2.15. The minimum atomic E-state index is -0.425. The number of unbranched alkanes of at least 4 members (excludes halogenated alkanes) is 1. The van der Waals surface area contributed by atoms with Crippen molar-refractivity contribution in [2.45, 2.75) is 40.0 Å². The Balaban J connectivity index is 2.23. The SMILES string of the molecule is CCCCc1nc2c(c(C)c(C)n2C(=O)c2ccccc2)c(=O)o1. The summed E-state index contributed by atoms with van der Waals surface area (Å²) >= 11 is 0. The van der Waals surface area contributed by atoms with Crippen LogP contribution in [-0.2, 0) is 6.42 Å². The summed E-state index contributed by atoms with van der Waals surface area (Å²) in [5.41, 5.74) is 1.97. The van der Waals surface area contributed by atoms with Crippen LogP contribution in [0.2, 0.25) is 0 Å². The molecule has 0 aliphatic carbocycles. The molecule has 3 rings (SSSR count). The maximum atomic E-state index is 12.9. The van der Waals surface area contributed by atoms with E-state index in [1.54, 1.807) is 12.1 Å². The second-order valence-electron chi connectivity index (χ2n) is 5.91. The molecule has 2 heterocycles. The van der Waals surface area contributed by atoms with Crippen molar-refractivity contribution >= 4 is 16.9 Å². The molecular weight excluding hydrogens is 304 g/mol. The van der Waals surface area contributed by atoms with Gasteiger partial charge in [0.1, 0.15) is 5.39 Å². The average Bonchev–Trinajstić information content (AvgIpc) is 2.84. The van der Waals surface area contributed by atoms with Crippen LogP contribution in [0.4, 0.5) is 0 Å². The number of carbonyl (C=O) groups excluding carboxylic acids is 1. The molecule has 0 atom stereocenters. The fraction of sp³-hybridized carbons (Fsp3) is 0.316. The standard InChI is InChI=1S/C19H20N2O3/c1-4-5-11-15-20-17-16(19(23)24-15)12(2)13(3)21(17)18(22)14-9-7-6-8-10-14/h6-10H,4-5,11H2,1-3H3. The van der Waals surface area contributed by atoms with Crippen LogP contribution in [0.5, 0.6) is 0 Å². The highest BCUT2D eigenvalue weighted by molar-refractivity contribution is 6.02. The van der Waals surface area contributed by atoms with Crippen molar-refractivity contribution in [1.29, 1.82) is 0 Å². The van der Waals surface area contributed by atoms with Crippen LogP contribution in [0.25, 0.3) is 11.0 Å². The maximum Gasteiger partial charge on any atom is 0.348 e. The molecule has 1 aromatic carbocycles. The predicted octanol–water partition coefficient (Wildman–Crippen LogP) is 3.64. The lowest BCUT2D eigenvalue weighted by atomic mass is 10.2. The minimum Gasteiger partial charge on any atom is -0.408 e. The zero-order valence-electron chi connectivity index (χ0n) is 14.1. The molecule has 0 fully saturated rings. The van der Waals surface area contributed by atoms with E-state index in [-0.39, 0.29) is 5.91 Å². The summed E-state index contributed by atoms with van der Waals surface area (Å²) in [5, 5.41) is 0.386. The third-order valence-electron chi connectivity index (χ3n) is 4.30. The molecule has 0 saturated carbocycles. The topological polar surface area (TPSA) is 65.1 Å². The van der Waals surface area contributed by atoms with Gasteiger partial charge in [0.25, 0.3) is 5.91 Å². The van der Waals surface area contributed by atoms with Gasteiger partial charge in [-0.25, -0.2) is 4.79 Å². The molecule has 0 saturated heterocycles. The molecule has 0 unspecified atom stereocenters. The van der Waals surface area contributed by atoms with Gasteiger partial charge in [-0.1, -0.05) is 31.5 Å². The summed E-state index contributed by atoms with van der Waals surface area (Å²) in [5.74, 6) is 0.194. The second kappa shape index (κ2) is 6.43. The van der Waals surface area contributed by atoms with Crippen LogP contribution < -0.4 is 5.63 Å². The Kier molecular flexibility index (Phi) is 4.34. The molecule has 0 radical (unpaired) electrons. The number of benzene rings is 1. The molecule has 5 heteroatoms. The summed E-state index contributed by atoms with van der Waals surface area (Å²) < 4.78 is 6.86. The van der Waals surface area contributed by atoms with Gasteiger partial charge in [-0.05, 0) is 38.0 Å². The Morgan fingerprint density at radius 1 is 1.21 bits per heavy atom. The third-order valence-corrected chi connectivity index (χ3v) is 4.30. The largest absolute Gasteiger partial charge is 0.408 e. The number of carbonyl (C=O) groups is 1. The molecule has 3 aromatic rings. The second-order valence-corrected chi connectivity index (χ2v) is 5.91. The van der Waals surface area contributed by atoms with Crippen molar-refractivity contribution in [3.63, 3.8) is 0 Å². The van der Waals surface area contributed by atoms with Gasteiger partial charge < -0.3 is 4.42 Å². The van der Waals surface area contributed by atoms with Gasteiger partial charge in [0.15, 0.2) is 5.65 Å². The van der Waals surface area contributed by atoms with Crippen LogP contribution in [0, 0.1) is 13.8 Å². The summed E-state index contributed by atoms with van der Waals surface area (Å²) in [6.45, 7) is 5.70. The monoisotopic (exact) mass is 324 g/mol. The Morgan fingerprint density at radius 2 is 1.92 bits per heavy atom. The van der Waals surface area contributed by atoms with E-state index in [4.69, 9.17) is 4.42 Å². The molecule has 0 bridgehead atoms. The van der Waals surface area contributed by atoms with E-state index >= 15 is 0 Å². The van der Waals surface area contributed by atoms with E-state index in [2.05, 4.69) is 11.9 Å². The Morgan fingerprint density at radius 3 is 2.58 bits per heavy atom. The Bertz CT molecular complexity index is 952. The van der Waals surface area contributed by atoms with E-state index in [9.17, 15) is 9.59 Å². The quantitative estimate of drug-likeness (QED) is 0.735. The molecule has 0 spiro atoms. The van der Waals surface area contributed by atoms with Crippen molar-refractivity contribution in [1.82, 2.24) is 9.55 Å². The van der Waals surface area contributed by atoms with Gasteiger partial charge in [-0.2, -0.15) is 4.98 Å². The van der Waals surface area contributed by atoms with Crippen molar-refractivity contribution in [3.8, 4) is 0 Å². The average molecular weight is 324 g/mol. The van der Waals surface area contributed by atoms with Crippen LogP contribution in [0.15, 0.2) is 39.5 Å². The first-order chi connectivity index (χ1) is 11.5. The van der Waals surface area contributed by atoms with Gasteiger partial charge in [0, 0.05) is 17.7 Å². The first-order valence-electron chi connectivity index (χ1n) is 8.16. The lowest BCUT2D eigenvalue weighted by Gasteiger charge is -2.07. The molecule has 24 heavy (non-hydrogen) atoms. The first kappa shape index (κ1) is 16.2. The molecule has 5 nitrogen and oxygen atoms in total. The summed E-state index contributed by atoms with van der Waals surface area (Å²) in [6.07, 6.45) is 2.45. The summed E-state index contributed by atoms with van der Waals surface area (Å²) in [6, 6.07) is 9.00. The van der Waals surface area contributed by atoms with E-state index < -0.39 is 5.63 Å². The molecule has 124 valence electrons. The van der Waals surface area contributed by atoms with Crippen molar-refractivity contribution < 1.29 is 9.21 Å². The number of nitrogens with zero attached hydrogens (tertiary/aromatic N) is 2. The molecule has 0 aliphatic heterocycles. The lowest BCUT2D eigenvalue weighted by molar-refractivity contribution is 0.0962. The smallest absolute Gasteiger partial charge is 0.348 e. The maximum absolute atomic E-state index is 12.9. The first-order valence-corrected chi connectivity index (χ1v) is 8.16. The number of aromatic nitrogens is 2. The van der Waals surface area contributed by atoms with Crippen molar-refractivity contribution in [3.05, 3.63) is 63.5 Å². The third kappa shape index (κ3) is 2.66. The number of fused-ring (bicyclic) bond motifs is 1. The molecular formula is C19H20N2O3. The van der Waals surface area contributed by atoms with Crippen LogP contribution in [-0.4, -0.2) is 15.5 Å². The number of hydrogen-bond acceptors (Lipinski definition) is 4.